The molecule has 1 aliphatic rings. The quantitative estimate of drug-likeness (QED) is 0.147. The average Bonchev–Trinajstić information content (AvgIpc) is 3.31. The van der Waals surface area contributed by atoms with Gasteiger partial charge in [-0.3, -0.25) is 4.99 Å². The van der Waals surface area contributed by atoms with Gasteiger partial charge in [-0.25, -0.2) is 4.99 Å². The van der Waals surface area contributed by atoms with Gasteiger partial charge in [0.2, 0.25) is 0 Å². The van der Waals surface area contributed by atoms with Crippen molar-refractivity contribution in [3.8, 4) is 12.3 Å². The van der Waals surface area contributed by atoms with Crippen molar-refractivity contribution in [1.29, 1.82) is 0 Å². The molecule has 0 aromatic rings. The molecule has 0 aromatic carbocycles. The fraction of sp³-hybridized carbons (Fsp3) is 0.613. The van der Waals surface area contributed by atoms with Crippen molar-refractivity contribution in [2.45, 2.75) is 107 Å². The SMILES string of the molecule is C#C/C(=C/C)N=CC(=C)N/C(C)=C/C(=NC)C1CCC(C)C1.C=CC.CC.CC.CCC(S)CC. The number of nitrogens with zero attached hydrogens (tertiary/aromatic N) is 2. The summed E-state index contributed by atoms with van der Waals surface area (Å²) in [6.07, 6.45) is 18.8. The number of terminal acetylenes is 1. The van der Waals surface area contributed by atoms with E-state index in [0.29, 0.717) is 22.6 Å². The first-order valence-corrected chi connectivity index (χ1v) is 13.8. The molecule has 202 valence electrons. The minimum atomic E-state index is 0.578. The van der Waals surface area contributed by atoms with E-state index in [9.17, 15) is 0 Å². The van der Waals surface area contributed by atoms with Crippen LogP contribution in [-0.4, -0.2) is 24.2 Å². The average molecular weight is 504 g/mol. The molecule has 0 aromatic heterocycles. The Morgan fingerprint density at radius 3 is 2.00 bits per heavy atom. The van der Waals surface area contributed by atoms with Crippen LogP contribution in [0.5, 0.6) is 0 Å². The third-order valence-corrected chi connectivity index (χ3v) is 5.55. The van der Waals surface area contributed by atoms with E-state index in [4.69, 9.17) is 6.42 Å². The van der Waals surface area contributed by atoms with Gasteiger partial charge in [-0.15, -0.1) is 13.0 Å². The van der Waals surface area contributed by atoms with Crippen LogP contribution in [0.1, 0.15) is 101 Å². The lowest BCUT2D eigenvalue weighted by molar-refractivity contribution is 0.596. The molecule has 0 amide bonds. The van der Waals surface area contributed by atoms with Crippen LogP contribution in [-0.2, 0) is 0 Å². The van der Waals surface area contributed by atoms with E-state index < -0.39 is 0 Å². The molecular weight excluding hydrogens is 446 g/mol. The predicted molar refractivity (Wildman–Crippen MR) is 169 cm³/mol. The van der Waals surface area contributed by atoms with E-state index in [-0.39, 0.29) is 0 Å². The van der Waals surface area contributed by atoms with Crippen molar-refractivity contribution in [3.63, 3.8) is 0 Å². The normalized spacial score (nSPS) is 17.3. The van der Waals surface area contributed by atoms with Crippen LogP contribution < -0.4 is 5.32 Å². The summed E-state index contributed by atoms with van der Waals surface area (Å²) in [7, 11) is 1.86. The third-order valence-electron chi connectivity index (χ3n) is 4.82. The molecule has 0 aliphatic heterocycles. The Morgan fingerprint density at radius 1 is 1.17 bits per heavy atom. The number of aliphatic imine (C=N–C) groups is 2. The second-order valence-corrected chi connectivity index (χ2v) is 8.43. The highest BCUT2D eigenvalue weighted by molar-refractivity contribution is 7.80. The molecular formula is C31H57N3S. The summed E-state index contributed by atoms with van der Waals surface area (Å²) < 4.78 is 0. The van der Waals surface area contributed by atoms with Gasteiger partial charge in [0.25, 0.3) is 0 Å². The maximum Gasteiger partial charge on any atom is 0.108 e. The van der Waals surface area contributed by atoms with Gasteiger partial charge in [0.15, 0.2) is 0 Å². The lowest BCUT2D eigenvalue weighted by Gasteiger charge is -2.12. The number of hydrogen-bond donors (Lipinski definition) is 2. The molecule has 2 unspecified atom stereocenters. The molecule has 0 spiro atoms. The highest BCUT2D eigenvalue weighted by atomic mass is 32.1. The smallest absolute Gasteiger partial charge is 0.108 e. The molecule has 0 radical (unpaired) electrons. The third kappa shape index (κ3) is 24.9. The van der Waals surface area contributed by atoms with E-state index in [0.717, 1.165) is 17.3 Å². The lowest BCUT2D eigenvalue weighted by atomic mass is 9.99. The second kappa shape index (κ2) is 30.0. The van der Waals surface area contributed by atoms with Crippen molar-refractivity contribution in [2.24, 2.45) is 21.8 Å². The van der Waals surface area contributed by atoms with Crippen molar-refractivity contribution in [2.75, 3.05) is 7.05 Å². The van der Waals surface area contributed by atoms with Crippen molar-refractivity contribution in [3.05, 3.63) is 48.5 Å². The number of thiol groups is 1. The first-order valence-electron chi connectivity index (χ1n) is 13.3. The van der Waals surface area contributed by atoms with Crippen LogP contribution in [0, 0.1) is 24.2 Å². The number of hydrogen-bond acceptors (Lipinski definition) is 4. The molecule has 0 bridgehead atoms. The van der Waals surface area contributed by atoms with Gasteiger partial charge < -0.3 is 5.32 Å². The summed E-state index contributed by atoms with van der Waals surface area (Å²) >= 11 is 4.23. The Balaban J connectivity index is -0.000000308. The predicted octanol–water partition coefficient (Wildman–Crippen LogP) is 9.46. The first-order chi connectivity index (χ1) is 16.7. The Kier molecular flexibility index (Phi) is 34.5. The van der Waals surface area contributed by atoms with Crippen molar-refractivity contribution < 1.29 is 0 Å². The van der Waals surface area contributed by atoms with Gasteiger partial charge in [0.1, 0.15) is 5.70 Å². The molecule has 1 fully saturated rings. The molecule has 4 heteroatoms. The molecule has 1 aliphatic carbocycles. The zero-order valence-electron chi connectivity index (χ0n) is 24.9. The Morgan fingerprint density at radius 2 is 1.69 bits per heavy atom. The number of allylic oxidation sites excluding steroid dienone is 6. The van der Waals surface area contributed by atoms with E-state index in [1.54, 1.807) is 18.4 Å². The summed E-state index contributed by atoms with van der Waals surface area (Å²) in [4.78, 5) is 8.63. The molecule has 2 atom stereocenters. The van der Waals surface area contributed by atoms with Gasteiger partial charge >= 0.3 is 0 Å². The number of rotatable bonds is 8. The van der Waals surface area contributed by atoms with Gasteiger partial charge in [0.05, 0.1) is 6.21 Å². The Hall–Kier alpha value is -1.99. The number of nitrogens with one attached hydrogen (secondary N) is 1. The standard InChI is InChI=1S/C19H27N3.C5H12S.C3H6.2C2H6/c1-7-18(8-2)21-13-16(5)22-15(4)12-19(20-6)17-10-9-14(3)11-17;1-3-5(6)4-2;1-3-2;2*1-2/h1,8,12-14,17,22H,5,9-11H2,2-4,6H3;5-6H,3-4H2,1-2H3;3H,1H2,2H3;2*1-2H3/b15-12+,18-8-,20-19?,21-13?;;;;. The van der Waals surface area contributed by atoms with Crippen LogP contribution in [0.15, 0.2) is 58.5 Å². The van der Waals surface area contributed by atoms with Crippen LogP contribution in [0.4, 0.5) is 0 Å². The zero-order valence-corrected chi connectivity index (χ0v) is 25.8. The van der Waals surface area contributed by atoms with Crippen molar-refractivity contribution in [1.82, 2.24) is 5.32 Å². The van der Waals surface area contributed by atoms with Crippen molar-refractivity contribution >= 4 is 24.6 Å². The first kappa shape index (κ1) is 40.2. The van der Waals surface area contributed by atoms with Crippen LogP contribution >= 0.6 is 12.6 Å². The molecule has 35 heavy (non-hydrogen) atoms. The molecule has 1 rings (SSSR count). The Bertz CT molecular complexity index is 674. The van der Waals surface area contributed by atoms with Gasteiger partial charge in [-0.1, -0.05) is 79.5 Å². The monoisotopic (exact) mass is 503 g/mol. The van der Waals surface area contributed by atoms with E-state index in [1.807, 2.05) is 55.5 Å². The van der Waals surface area contributed by atoms with E-state index >= 15 is 0 Å². The molecule has 1 N–H and O–H groups in total. The minimum Gasteiger partial charge on any atom is -0.358 e. The van der Waals surface area contributed by atoms with Crippen LogP contribution in [0.3, 0.4) is 0 Å². The van der Waals surface area contributed by atoms with Gasteiger partial charge in [0, 0.05) is 35.3 Å². The zero-order chi connectivity index (χ0) is 28.2. The van der Waals surface area contributed by atoms with E-state index in [2.05, 4.69) is 73.9 Å². The lowest BCUT2D eigenvalue weighted by Crippen LogP contribution is -2.15. The molecule has 1 saturated carbocycles. The summed E-state index contributed by atoms with van der Waals surface area (Å²) in [5, 5.41) is 3.85. The highest BCUT2D eigenvalue weighted by Crippen LogP contribution is 2.31. The molecule has 3 nitrogen and oxygen atoms in total. The fourth-order valence-electron chi connectivity index (χ4n) is 3.02. The van der Waals surface area contributed by atoms with Gasteiger partial charge in [-0.05, 0) is 58.4 Å². The van der Waals surface area contributed by atoms with Crippen LogP contribution in [0.2, 0.25) is 0 Å². The summed E-state index contributed by atoms with van der Waals surface area (Å²) in [6, 6.07) is 0. The topological polar surface area (TPSA) is 36.8 Å². The van der Waals surface area contributed by atoms with Crippen LogP contribution in [0.25, 0.3) is 0 Å². The summed E-state index contributed by atoms with van der Waals surface area (Å²) in [6.45, 7) is 27.7. The largest absolute Gasteiger partial charge is 0.358 e. The van der Waals surface area contributed by atoms with E-state index in [1.165, 1.54) is 32.1 Å². The Labute approximate surface area is 225 Å². The fourth-order valence-corrected chi connectivity index (χ4v) is 3.02. The maximum atomic E-state index is 5.33. The second-order valence-electron chi connectivity index (χ2n) is 7.70. The van der Waals surface area contributed by atoms with Gasteiger partial charge in [-0.2, -0.15) is 12.6 Å². The summed E-state index contributed by atoms with van der Waals surface area (Å²) in [5.41, 5.74) is 3.48. The minimum absolute atomic E-state index is 0.578. The molecule has 0 heterocycles. The maximum absolute atomic E-state index is 5.33. The molecule has 0 saturated heterocycles. The summed E-state index contributed by atoms with van der Waals surface area (Å²) in [5.74, 6) is 3.88. The highest BCUT2D eigenvalue weighted by Gasteiger charge is 2.24.